The summed E-state index contributed by atoms with van der Waals surface area (Å²) in [6.07, 6.45) is 0. The first kappa shape index (κ1) is 35.8. The lowest BCUT2D eigenvalue weighted by Gasteiger charge is -2.20. The van der Waals surface area contributed by atoms with Crippen LogP contribution in [0.25, 0.3) is 121 Å². The molecule has 0 nitrogen and oxygen atoms in total. The van der Waals surface area contributed by atoms with Crippen LogP contribution < -0.4 is 0 Å². The molecule has 0 radical (unpaired) electrons. The molecule has 12 rings (SSSR count). The van der Waals surface area contributed by atoms with Gasteiger partial charge in [0.2, 0.25) is 0 Å². The molecule has 0 N–H and O–H groups in total. The standard InChI is InChI=1S/C62H40/c1-3-16-44-35-48(31-29-41(44)13-1)46-20-9-22-50(37-46)57-33-34-59(52-24-10-21-47(38-52)49-32-30-42-14-2-4-17-45(42)36-49)62-60(57)40-53-18-6-8-27-58(53)61(62)54-25-11-23-51(39-54)56-28-12-19-43-15-5-7-26-55(43)56/h1-40H. The van der Waals surface area contributed by atoms with Crippen LogP contribution in [0.15, 0.2) is 243 Å². The van der Waals surface area contributed by atoms with E-state index in [1.807, 2.05) is 0 Å². The van der Waals surface area contributed by atoms with Crippen LogP contribution in [0, 0.1) is 0 Å². The fourth-order valence-electron chi connectivity index (χ4n) is 9.76. The predicted molar refractivity (Wildman–Crippen MR) is 267 cm³/mol. The largest absolute Gasteiger partial charge is 0.0616 e. The van der Waals surface area contributed by atoms with Crippen LogP contribution in [0.3, 0.4) is 0 Å². The zero-order chi connectivity index (χ0) is 41.0. The van der Waals surface area contributed by atoms with E-state index in [1.165, 1.54) is 121 Å². The second-order valence-corrected chi connectivity index (χ2v) is 16.4. The van der Waals surface area contributed by atoms with Crippen molar-refractivity contribution in [3.63, 3.8) is 0 Å². The number of benzene rings is 12. The van der Waals surface area contributed by atoms with Crippen LogP contribution in [-0.4, -0.2) is 0 Å². The van der Waals surface area contributed by atoms with E-state index in [1.54, 1.807) is 0 Å². The molecule has 0 aliphatic rings. The van der Waals surface area contributed by atoms with E-state index in [0.29, 0.717) is 0 Å². The number of hydrogen-bond acceptors (Lipinski definition) is 0. The second kappa shape index (κ2) is 14.9. The molecule has 0 aliphatic heterocycles. The summed E-state index contributed by atoms with van der Waals surface area (Å²) in [6, 6.07) is 89.7. The van der Waals surface area contributed by atoms with Crippen molar-refractivity contribution in [2.24, 2.45) is 0 Å². The quantitative estimate of drug-likeness (QED) is 0.147. The minimum atomic E-state index is 1.19. The third-order valence-electron chi connectivity index (χ3n) is 12.8. The molecule has 12 aromatic rings. The van der Waals surface area contributed by atoms with Crippen molar-refractivity contribution >= 4 is 53.9 Å². The Hall–Kier alpha value is -8.06. The first-order valence-corrected chi connectivity index (χ1v) is 21.5. The zero-order valence-corrected chi connectivity index (χ0v) is 34.1. The molecular formula is C62H40. The van der Waals surface area contributed by atoms with Crippen molar-refractivity contribution in [2.75, 3.05) is 0 Å². The van der Waals surface area contributed by atoms with Crippen molar-refractivity contribution in [1.29, 1.82) is 0 Å². The van der Waals surface area contributed by atoms with Gasteiger partial charge in [0.15, 0.2) is 0 Å². The smallest absolute Gasteiger partial charge is 0.00141 e. The summed E-state index contributed by atoms with van der Waals surface area (Å²) in [5.74, 6) is 0. The van der Waals surface area contributed by atoms with E-state index in [0.717, 1.165) is 0 Å². The Morgan fingerprint density at radius 2 is 0.597 bits per heavy atom. The van der Waals surface area contributed by atoms with Crippen molar-refractivity contribution in [2.45, 2.75) is 0 Å². The summed E-state index contributed by atoms with van der Waals surface area (Å²) in [6.45, 7) is 0. The molecule has 0 aromatic heterocycles. The van der Waals surface area contributed by atoms with E-state index in [2.05, 4.69) is 243 Å². The molecule has 0 saturated carbocycles. The fraction of sp³-hybridized carbons (Fsp3) is 0. The Labute approximate surface area is 361 Å². The first-order valence-electron chi connectivity index (χ1n) is 21.5. The minimum Gasteiger partial charge on any atom is -0.0616 e. The molecule has 0 bridgehead atoms. The van der Waals surface area contributed by atoms with Gasteiger partial charge in [-0.2, -0.15) is 0 Å². The van der Waals surface area contributed by atoms with Crippen LogP contribution in [0.1, 0.15) is 0 Å². The van der Waals surface area contributed by atoms with Gasteiger partial charge < -0.3 is 0 Å². The summed E-state index contributed by atoms with van der Waals surface area (Å²) in [5.41, 5.74) is 14.6. The van der Waals surface area contributed by atoms with Crippen LogP contribution in [-0.2, 0) is 0 Å². The van der Waals surface area contributed by atoms with Crippen LogP contribution >= 0.6 is 0 Å². The molecule has 12 aromatic carbocycles. The highest BCUT2D eigenvalue weighted by atomic mass is 14.2. The molecule has 0 aliphatic carbocycles. The van der Waals surface area contributed by atoms with Crippen LogP contribution in [0.5, 0.6) is 0 Å². The second-order valence-electron chi connectivity index (χ2n) is 16.4. The molecule has 62 heavy (non-hydrogen) atoms. The highest BCUT2D eigenvalue weighted by Gasteiger charge is 2.19. The molecule has 288 valence electrons. The van der Waals surface area contributed by atoms with E-state index >= 15 is 0 Å². The lowest BCUT2D eigenvalue weighted by Crippen LogP contribution is -1.93. The Morgan fingerprint density at radius 1 is 0.177 bits per heavy atom. The Bertz CT molecular complexity index is 3690. The average Bonchev–Trinajstić information content (AvgIpc) is 3.35. The van der Waals surface area contributed by atoms with Gasteiger partial charge in [-0.3, -0.25) is 0 Å². The average molecular weight is 785 g/mol. The maximum Gasteiger partial charge on any atom is -0.00141 e. The van der Waals surface area contributed by atoms with Crippen molar-refractivity contribution in [1.82, 2.24) is 0 Å². The van der Waals surface area contributed by atoms with E-state index in [9.17, 15) is 0 Å². The van der Waals surface area contributed by atoms with Crippen molar-refractivity contribution < 1.29 is 0 Å². The summed E-state index contributed by atoms with van der Waals surface area (Å²) in [7, 11) is 0. The normalized spacial score (nSPS) is 11.5. The maximum atomic E-state index is 2.43. The number of fused-ring (bicyclic) bond motifs is 5. The van der Waals surface area contributed by atoms with E-state index in [4.69, 9.17) is 0 Å². The lowest BCUT2D eigenvalue weighted by molar-refractivity contribution is 1.60. The maximum absolute atomic E-state index is 2.43. The van der Waals surface area contributed by atoms with Gasteiger partial charge >= 0.3 is 0 Å². The number of rotatable bonds is 6. The molecule has 0 amide bonds. The molecule has 0 atom stereocenters. The molecule has 0 heteroatoms. The molecule has 0 spiro atoms. The van der Waals surface area contributed by atoms with Gasteiger partial charge in [0.25, 0.3) is 0 Å². The van der Waals surface area contributed by atoms with Gasteiger partial charge in [0, 0.05) is 0 Å². The lowest BCUT2D eigenvalue weighted by atomic mass is 9.83. The third kappa shape index (κ3) is 6.24. The number of hydrogen-bond donors (Lipinski definition) is 0. The highest BCUT2D eigenvalue weighted by Crippen LogP contribution is 2.47. The molecule has 0 heterocycles. The van der Waals surface area contributed by atoms with Crippen molar-refractivity contribution in [3.8, 4) is 66.8 Å². The zero-order valence-electron chi connectivity index (χ0n) is 34.1. The summed E-state index contributed by atoms with van der Waals surface area (Å²) >= 11 is 0. The summed E-state index contributed by atoms with van der Waals surface area (Å²) in [5, 5.41) is 12.5. The van der Waals surface area contributed by atoms with Gasteiger partial charge in [-0.15, -0.1) is 0 Å². The summed E-state index contributed by atoms with van der Waals surface area (Å²) in [4.78, 5) is 0. The van der Waals surface area contributed by atoms with Crippen molar-refractivity contribution in [3.05, 3.63) is 243 Å². The fourth-order valence-corrected chi connectivity index (χ4v) is 9.76. The Balaban J connectivity index is 1.12. The van der Waals surface area contributed by atoms with Gasteiger partial charge in [0.05, 0.1) is 0 Å². The van der Waals surface area contributed by atoms with Gasteiger partial charge in [-0.25, -0.2) is 0 Å². The Morgan fingerprint density at radius 3 is 1.24 bits per heavy atom. The van der Waals surface area contributed by atoms with Crippen LogP contribution in [0.2, 0.25) is 0 Å². The molecule has 0 saturated heterocycles. The monoisotopic (exact) mass is 784 g/mol. The molecule has 0 unspecified atom stereocenters. The van der Waals surface area contributed by atoms with Gasteiger partial charge in [-0.1, -0.05) is 206 Å². The van der Waals surface area contributed by atoms with Gasteiger partial charge in [-0.05, 0) is 157 Å². The van der Waals surface area contributed by atoms with E-state index in [-0.39, 0.29) is 0 Å². The minimum absolute atomic E-state index is 1.19. The highest BCUT2D eigenvalue weighted by molar-refractivity contribution is 6.21. The summed E-state index contributed by atoms with van der Waals surface area (Å²) < 4.78 is 0. The molecular weight excluding hydrogens is 745 g/mol. The topological polar surface area (TPSA) is 0 Å². The predicted octanol–water partition coefficient (Wildman–Crippen LogP) is 17.5. The van der Waals surface area contributed by atoms with Crippen LogP contribution in [0.4, 0.5) is 0 Å². The molecule has 0 fully saturated rings. The third-order valence-corrected chi connectivity index (χ3v) is 12.8. The van der Waals surface area contributed by atoms with Gasteiger partial charge in [0.1, 0.15) is 0 Å². The first-order chi connectivity index (χ1) is 30.7. The van der Waals surface area contributed by atoms with E-state index < -0.39 is 0 Å². The Kier molecular flexibility index (Phi) is 8.61. The SMILES string of the molecule is c1cc(-c2ccc3ccccc3c2)cc(-c2ccc(-c3cccc(-c4ccc5ccccc5c4)c3)c3c(-c4cccc(-c5cccc6ccccc56)c4)c4ccccc4cc23)c1.